The first-order valence-electron chi connectivity index (χ1n) is 6.95. The van der Waals surface area contributed by atoms with Gasteiger partial charge in [-0.05, 0) is 24.0 Å². The lowest BCUT2D eigenvalue weighted by Gasteiger charge is -2.19. The van der Waals surface area contributed by atoms with Crippen molar-refractivity contribution in [2.75, 3.05) is 12.5 Å². The summed E-state index contributed by atoms with van der Waals surface area (Å²) in [6.07, 6.45) is 1.69. The lowest BCUT2D eigenvalue weighted by Crippen LogP contribution is -2.36. The number of carbonyl (C=O) groups is 1. The summed E-state index contributed by atoms with van der Waals surface area (Å²) in [5.41, 5.74) is 0.657. The van der Waals surface area contributed by atoms with Crippen LogP contribution in [0.1, 0.15) is 5.56 Å². The summed E-state index contributed by atoms with van der Waals surface area (Å²) in [5, 5.41) is 0. The Hall–Kier alpha value is -2.19. The minimum atomic E-state index is -3.81. The molecule has 0 aliphatic carbocycles. The van der Waals surface area contributed by atoms with Crippen LogP contribution in [-0.4, -0.2) is 31.3 Å². The summed E-state index contributed by atoms with van der Waals surface area (Å²) in [6.45, 7) is -0.133. The zero-order valence-electron chi connectivity index (χ0n) is 13.2. The van der Waals surface area contributed by atoms with Gasteiger partial charge in [-0.2, -0.15) is 4.31 Å². The van der Waals surface area contributed by atoms with Gasteiger partial charge in [0.05, 0.1) is 17.7 Å². The number of sulfonamides is 1. The van der Waals surface area contributed by atoms with Crippen LogP contribution in [0.2, 0.25) is 0 Å². The number of nitrogens with zero attached hydrogens (tertiary/aromatic N) is 1. The van der Waals surface area contributed by atoms with Gasteiger partial charge in [-0.25, -0.2) is 18.1 Å². The maximum Gasteiger partial charge on any atom is 0.466 e. The molecule has 2 rings (SSSR count). The Balaban J connectivity index is 2.11. The molecule has 2 aromatic rings. The number of para-hydroxylation sites is 1. The van der Waals surface area contributed by atoms with E-state index in [-0.39, 0.29) is 6.54 Å². The van der Waals surface area contributed by atoms with Crippen molar-refractivity contribution < 1.29 is 23.0 Å². The number of rotatable bonds is 6. The number of thioether (sulfide) groups is 1. The van der Waals surface area contributed by atoms with Gasteiger partial charge >= 0.3 is 6.09 Å². The molecule has 0 aliphatic heterocycles. The average Bonchev–Trinajstić information content (AvgIpc) is 2.57. The predicted octanol–water partition coefficient (Wildman–Crippen LogP) is 3.30. The summed E-state index contributed by atoms with van der Waals surface area (Å²) in [5.74, 6) is 0.339. The van der Waals surface area contributed by atoms with Gasteiger partial charge in [0.2, 0.25) is 10.0 Å². The average molecular weight is 367 g/mol. The van der Waals surface area contributed by atoms with E-state index in [9.17, 15) is 13.2 Å². The third-order valence-electron chi connectivity index (χ3n) is 3.04. The van der Waals surface area contributed by atoms with Crippen molar-refractivity contribution >= 4 is 27.9 Å². The highest BCUT2D eigenvalue weighted by Gasteiger charge is 2.26. The fourth-order valence-corrected chi connectivity index (χ4v) is 3.08. The van der Waals surface area contributed by atoms with Crippen LogP contribution in [0.4, 0.5) is 4.79 Å². The first-order valence-corrected chi connectivity index (χ1v) is 10.0. The third-order valence-corrected chi connectivity index (χ3v) is 4.90. The molecule has 0 aliphatic rings. The fraction of sp³-hybridized carbons (Fsp3) is 0.188. The summed E-state index contributed by atoms with van der Waals surface area (Å²) in [4.78, 5) is 22.7. The SMILES string of the molecule is CSc1ccccc1OOC(=O)N(Cc1ccccc1)S(C)(=O)=O. The molecule has 0 fully saturated rings. The highest BCUT2D eigenvalue weighted by molar-refractivity contribution is 7.98. The standard InChI is InChI=1S/C16H17NO5S2/c1-23-15-11-7-6-10-14(15)21-22-16(18)17(24(2,19)20)12-13-8-4-3-5-9-13/h3-11H,12H2,1-2H3. The fourth-order valence-electron chi connectivity index (χ4n) is 1.88. The number of hydrogen-bond acceptors (Lipinski definition) is 6. The Kier molecular flexibility index (Phi) is 6.10. The Bertz CT molecular complexity index is 793. The van der Waals surface area contributed by atoms with Gasteiger partial charge in [0.1, 0.15) is 0 Å². The molecule has 128 valence electrons. The zero-order chi connectivity index (χ0) is 17.6. The Morgan fingerprint density at radius 1 is 1.08 bits per heavy atom. The molecule has 0 spiro atoms. The van der Waals surface area contributed by atoms with Crippen molar-refractivity contribution in [1.29, 1.82) is 0 Å². The van der Waals surface area contributed by atoms with E-state index in [1.54, 1.807) is 48.5 Å². The highest BCUT2D eigenvalue weighted by atomic mass is 32.2. The van der Waals surface area contributed by atoms with Crippen LogP contribution in [0.25, 0.3) is 0 Å². The van der Waals surface area contributed by atoms with Crippen molar-refractivity contribution in [3.05, 3.63) is 60.2 Å². The van der Waals surface area contributed by atoms with E-state index in [0.29, 0.717) is 15.6 Å². The van der Waals surface area contributed by atoms with Gasteiger partial charge < -0.3 is 0 Å². The third kappa shape index (κ3) is 4.90. The molecule has 0 N–H and O–H groups in total. The van der Waals surface area contributed by atoms with E-state index >= 15 is 0 Å². The van der Waals surface area contributed by atoms with Crippen LogP contribution in [0.3, 0.4) is 0 Å². The smallest absolute Gasteiger partial charge is 0.284 e. The predicted molar refractivity (Wildman–Crippen MR) is 92.2 cm³/mol. The summed E-state index contributed by atoms with van der Waals surface area (Å²) in [6, 6.07) is 15.7. The molecule has 0 atom stereocenters. The molecule has 0 saturated carbocycles. The number of benzene rings is 2. The molecule has 6 nitrogen and oxygen atoms in total. The lowest BCUT2D eigenvalue weighted by atomic mass is 10.2. The van der Waals surface area contributed by atoms with Gasteiger partial charge in [-0.3, -0.25) is 4.89 Å². The van der Waals surface area contributed by atoms with Crippen molar-refractivity contribution in [2.45, 2.75) is 11.4 Å². The molecule has 0 bridgehead atoms. The van der Waals surface area contributed by atoms with Crippen molar-refractivity contribution in [1.82, 2.24) is 4.31 Å². The largest absolute Gasteiger partial charge is 0.466 e. The van der Waals surface area contributed by atoms with E-state index in [4.69, 9.17) is 9.78 Å². The Morgan fingerprint density at radius 2 is 1.71 bits per heavy atom. The Morgan fingerprint density at radius 3 is 2.33 bits per heavy atom. The topological polar surface area (TPSA) is 72.9 Å². The van der Waals surface area contributed by atoms with Gasteiger partial charge in [0.15, 0.2) is 5.75 Å². The summed E-state index contributed by atoms with van der Waals surface area (Å²) < 4.78 is 24.4. The summed E-state index contributed by atoms with van der Waals surface area (Å²) in [7, 11) is -3.81. The maximum absolute atomic E-state index is 12.2. The monoisotopic (exact) mass is 367 g/mol. The second-order valence-corrected chi connectivity index (χ2v) is 7.59. The molecule has 1 amide bonds. The molecular formula is C16H17NO5S2. The zero-order valence-corrected chi connectivity index (χ0v) is 14.8. The van der Waals surface area contributed by atoms with E-state index < -0.39 is 16.1 Å². The highest BCUT2D eigenvalue weighted by Crippen LogP contribution is 2.27. The first-order chi connectivity index (χ1) is 11.4. The van der Waals surface area contributed by atoms with Gasteiger partial charge in [0.25, 0.3) is 0 Å². The van der Waals surface area contributed by atoms with Gasteiger partial charge in [0, 0.05) is 0 Å². The number of carbonyl (C=O) groups excluding carboxylic acids is 1. The quantitative estimate of drug-likeness (QED) is 0.443. The normalized spacial score (nSPS) is 10.9. The second kappa shape index (κ2) is 8.07. The summed E-state index contributed by atoms with van der Waals surface area (Å²) >= 11 is 1.42. The van der Waals surface area contributed by atoms with Gasteiger partial charge in [-0.1, -0.05) is 42.5 Å². The van der Waals surface area contributed by atoms with Crippen LogP contribution in [0.15, 0.2) is 59.5 Å². The molecule has 2 aromatic carbocycles. The number of hydrogen-bond donors (Lipinski definition) is 0. The van der Waals surface area contributed by atoms with Gasteiger partial charge in [-0.15, -0.1) is 11.8 Å². The molecule has 0 aromatic heterocycles. The minimum absolute atomic E-state index is 0.133. The second-order valence-electron chi connectivity index (χ2n) is 4.84. The Labute approximate surface area is 145 Å². The van der Waals surface area contributed by atoms with Crippen LogP contribution in [0, 0.1) is 0 Å². The maximum atomic E-state index is 12.2. The van der Waals surface area contributed by atoms with Crippen molar-refractivity contribution in [3.63, 3.8) is 0 Å². The minimum Gasteiger partial charge on any atom is -0.284 e. The first kappa shape index (κ1) is 18.2. The van der Waals surface area contributed by atoms with E-state index in [0.717, 1.165) is 11.2 Å². The molecule has 8 heteroatoms. The van der Waals surface area contributed by atoms with Crippen LogP contribution < -0.4 is 4.89 Å². The molecular weight excluding hydrogens is 350 g/mol. The van der Waals surface area contributed by atoms with Crippen molar-refractivity contribution in [2.24, 2.45) is 0 Å². The van der Waals surface area contributed by atoms with E-state index in [2.05, 4.69) is 0 Å². The van der Waals surface area contributed by atoms with Crippen LogP contribution in [-0.2, 0) is 21.5 Å². The lowest BCUT2D eigenvalue weighted by molar-refractivity contribution is -0.151. The van der Waals surface area contributed by atoms with E-state index in [1.807, 2.05) is 12.3 Å². The molecule has 0 heterocycles. The molecule has 0 unspecified atom stereocenters. The van der Waals surface area contributed by atoms with Crippen molar-refractivity contribution in [3.8, 4) is 5.75 Å². The van der Waals surface area contributed by atoms with Crippen LogP contribution in [0.5, 0.6) is 5.75 Å². The number of amides is 1. The van der Waals surface area contributed by atoms with E-state index in [1.165, 1.54) is 11.8 Å². The molecule has 0 radical (unpaired) electrons. The van der Waals surface area contributed by atoms with Crippen LogP contribution >= 0.6 is 11.8 Å². The molecule has 0 saturated heterocycles. The molecule has 24 heavy (non-hydrogen) atoms.